The number of aliphatic hydroxyl groups excluding tert-OH is 1. The Hall–Kier alpha value is -1.65. The molecular formula is C8H15N5O4S. The van der Waals surface area contributed by atoms with Crippen LogP contribution in [0.4, 0.5) is 5.82 Å². The van der Waals surface area contributed by atoms with Crippen LogP contribution >= 0.6 is 0 Å². The molecule has 18 heavy (non-hydrogen) atoms. The van der Waals surface area contributed by atoms with Gasteiger partial charge in [0.1, 0.15) is 11.0 Å². The number of hydrogen-bond acceptors (Lipinski definition) is 6. The second kappa shape index (κ2) is 4.92. The van der Waals surface area contributed by atoms with Gasteiger partial charge in [0.25, 0.3) is 0 Å². The average Bonchev–Trinajstić information content (AvgIpc) is 2.50. The zero-order valence-corrected chi connectivity index (χ0v) is 10.7. The summed E-state index contributed by atoms with van der Waals surface area (Å²) in [5, 5.41) is 12.9. The monoisotopic (exact) mass is 277 g/mol. The lowest BCUT2D eigenvalue weighted by atomic mass is 10.3. The van der Waals surface area contributed by atoms with Crippen molar-refractivity contribution in [1.29, 1.82) is 0 Å². The number of nitrogen functional groups attached to an aromatic ring is 1. The Bertz CT molecular complexity index is 564. The third-order valence-corrected chi connectivity index (χ3v) is 3.96. The van der Waals surface area contributed by atoms with Gasteiger partial charge in [-0.3, -0.25) is 9.48 Å². The molecule has 0 spiro atoms. The van der Waals surface area contributed by atoms with Crippen molar-refractivity contribution >= 4 is 21.7 Å². The molecule has 0 aliphatic carbocycles. The van der Waals surface area contributed by atoms with Crippen LogP contribution in [0.2, 0.25) is 0 Å². The van der Waals surface area contributed by atoms with Gasteiger partial charge in [-0.05, 0) is 6.92 Å². The maximum atomic E-state index is 11.9. The molecule has 0 saturated heterocycles. The van der Waals surface area contributed by atoms with Crippen LogP contribution in [0.3, 0.4) is 0 Å². The number of anilines is 1. The molecule has 0 aliphatic rings. The minimum atomic E-state index is -3.96. The second-order valence-corrected chi connectivity index (χ2v) is 5.40. The number of primary amides is 1. The second-order valence-electron chi connectivity index (χ2n) is 3.69. The van der Waals surface area contributed by atoms with Crippen LogP contribution in [0.25, 0.3) is 0 Å². The Balaban J connectivity index is 2.97. The van der Waals surface area contributed by atoms with Gasteiger partial charge >= 0.3 is 0 Å². The van der Waals surface area contributed by atoms with E-state index in [0.29, 0.717) is 5.69 Å². The maximum Gasteiger partial charge on any atom is 0.247 e. The number of aliphatic hydroxyl groups is 1. The van der Waals surface area contributed by atoms with E-state index in [-0.39, 0.29) is 10.7 Å². The van der Waals surface area contributed by atoms with Gasteiger partial charge in [-0.2, -0.15) is 5.10 Å². The zero-order valence-electron chi connectivity index (χ0n) is 9.91. The zero-order chi connectivity index (χ0) is 14.1. The number of rotatable bonds is 5. The molecule has 1 aromatic rings. The molecule has 0 aromatic carbocycles. The van der Waals surface area contributed by atoms with Crippen molar-refractivity contribution in [3.63, 3.8) is 0 Å². The molecule has 9 nitrogen and oxygen atoms in total. The minimum absolute atomic E-state index is 0.156. The lowest BCUT2D eigenvalue weighted by Gasteiger charge is -2.09. The molecule has 1 rings (SSSR count). The van der Waals surface area contributed by atoms with E-state index >= 15 is 0 Å². The molecule has 6 N–H and O–H groups in total. The number of aryl methyl sites for hydroxylation is 1. The first-order valence-corrected chi connectivity index (χ1v) is 6.41. The number of sulfonamides is 1. The number of hydrogen-bond donors (Lipinski definition) is 4. The highest BCUT2D eigenvalue weighted by Crippen LogP contribution is 2.20. The largest absolute Gasteiger partial charge is 0.382 e. The van der Waals surface area contributed by atoms with Crippen LogP contribution in [0, 0.1) is 6.92 Å². The third kappa shape index (κ3) is 2.78. The summed E-state index contributed by atoms with van der Waals surface area (Å²) in [6.07, 6.45) is -1.60. The highest BCUT2D eigenvalue weighted by Gasteiger charge is 2.25. The molecule has 102 valence electrons. The summed E-state index contributed by atoms with van der Waals surface area (Å²) in [4.78, 5) is 10.4. The van der Waals surface area contributed by atoms with E-state index in [1.807, 2.05) is 4.72 Å². The molecular weight excluding hydrogens is 262 g/mol. The molecule has 0 aliphatic heterocycles. The van der Waals surface area contributed by atoms with Crippen LogP contribution in [0.15, 0.2) is 4.90 Å². The predicted molar refractivity (Wildman–Crippen MR) is 62.7 cm³/mol. The Morgan fingerprint density at radius 1 is 1.61 bits per heavy atom. The quantitative estimate of drug-likeness (QED) is 0.464. The molecule has 1 heterocycles. The maximum absolute atomic E-state index is 11.9. The van der Waals surface area contributed by atoms with Crippen LogP contribution in [0.1, 0.15) is 5.69 Å². The summed E-state index contributed by atoms with van der Waals surface area (Å²) in [5.74, 6) is -1.18. The van der Waals surface area contributed by atoms with Gasteiger partial charge in [0.05, 0.1) is 5.69 Å². The minimum Gasteiger partial charge on any atom is -0.382 e. The van der Waals surface area contributed by atoms with Gasteiger partial charge in [-0.15, -0.1) is 0 Å². The number of aromatic nitrogens is 2. The van der Waals surface area contributed by atoms with Gasteiger partial charge < -0.3 is 16.6 Å². The first-order chi connectivity index (χ1) is 8.16. The summed E-state index contributed by atoms with van der Waals surface area (Å²) in [6.45, 7) is 1.01. The molecule has 1 atom stereocenters. The summed E-state index contributed by atoms with van der Waals surface area (Å²) in [7, 11) is -2.41. The topological polar surface area (TPSA) is 153 Å². The van der Waals surface area contributed by atoms with Gasteiger partial charge in [0.2, 0.25) is 15.9 Å². The van der Waals surface area contributed by atoms with Crippen LogP contribution in [0.5, 0.6) is 0 Å². The molecule has 1 aromatic heterocycles. The fourth-order valence-electron chi connectivity index (χ4n) is 1.31. The van der Waals surface area contributed by atoms with Crippen LogP contribution in [-0.4, -0.2) is 41.9 Å². The number of carbonyl (C=O) groups is 1. The van der Waals surface area contributed by atoms with E-state index in [0.717, 1.165) is 0 Å². The van der Waals surface area contributed by atoms with E-state index < -0.39 is 28.6 Å². The Kier molecular flexibility index (Phi) is 3.94. The number of nitrogens with one attached hydrogen (secondary N) is 1. The molecule has 10 heteroatoms. The van der Waals surface area contributed by atoms with Gasteiger partial charge in [-0.1, -0.05) is 0 Å². The van der Waals surface area contributed by atoms with Crippen molar-refractivity contribution in [2.45, 2.75) is 17.9 Å². The van der Waals surface area contributed by atoms with E-state index in [9.17, 15) is 13.2 Å². The lowest BCUT2D eigenvalue weighted by Crippen LogP contribution is -2.40. The fraction of sp³-hybridized carbons (Fsp3) is 0.500. The highest BCUT2D eigenvalue weighted by atomic mass is 32.2. The SMILES string of the molecule is Cc1c(S(=O)(=O)NCC(O)C(N)=O)c(N)nn1C. The lowest BCUT2D eigenvalue weighted by molar-refractivity contribution is -0.125. The van der Waals surface area contributed by atoms with E-state index in [4.69, 9.17) is 16.6 Å². The summed E-state index contributed by atoms with van der Waals surface area (Å²) >= 11 is 0. The normalized spacial score (nSPS) is 13.5. The molecule has 0 radical (unpaired) electrons. The highest BCUT2D eigenvalue weighted by molar-refractivity contribution is 7.89. The van der Waals surface area contributed by atoms with E-state index in [2.05, 4.69) is 5.10 Å². The standard InChI is InChI=1S/C8H15N5O4S/c1-4-6(7(9)12-13(4)2)18(16,17)11-3-5(14)8(10)15/h5,11,14H,3H2,1-2H3,(H2,9,12)(H2,10,15). The smallest absolute Gasteiger partial charge is 0.247 e. The molecule has 1 amide bonds. The number of nitrogens with two attached hydrogens (primary N) is 2. The molecule has 0 saturated carbocycles. The van der Waals surface area contributed by atoms with Crippen molar-refractivity contribution in [3.8, 4) is 0 Å². The summed E-state index contributed by atoms with van der Waals surface area (Å²) in [6, 6.07) is 0. The first-order valence-electron chi connectivity index (χ1n) is 4.93. The average molecular weight is 277 g/mol. The first kappa shape index (κ1) is 14.4. The third-order valence-electron chi connectivity index (χ3n) is 2.37. The fourth-order valence-corrected chi connectivity index (χ4v) is 2.67. The van der Waals surface area contributed by atoms with Gasteiger partial charge in [-0.25, -0.2) is 13.1 Å². The molecule has 0 bridgehead atoms. The Morgan fingerprint density at radius 2 is 2.17 bits per heavy atom. The van der Waals surface area contributed by atoms with Gasteiger partial charge in [0, 0.05) is 13.6 Å². The van der Waals surface area contributed by atoms with Crippen molar-refractivity contribution in [1.82, 2.24) is 14.5 Å². The van der Waals surface area contributed by atoms with Crippen molar-refractivity contribution in [2.24, 2.45) is 12.8 Å². The number of nitrogens with zero attached hydrogens (tertiary/aromatic N) is 2. The van der Waals surface area contributed by atoms with Crippen molar-refractivity contribution in [3.05, 3.63) is 5.69 Å². The molecule has 0 fully saturated rings. The summed E-state index contributed by atoms with van der Waals surface area (Å²) in [5.41, 5.74) is 10.6. The van der Waals surface area contributed by atoms with Gasteiger partial charge in [0.15, 0.2) is 5.82 Å². The van der Waals surface area contributed by atoms with E-state index in [1.165, 1.54) is 11.6 Å². The van der Waals surface area contributed by atoms with Crippen molar-refractivity contribution in [2.75, 3.05) is 12.3 Å². The Labute approximate surface area is 104 Å². The summed E-state index contributed by atoms with van der Waals surface area (Å²) < 4.78 is 27.2. The van der Waals surface area contributed by atoms with Crippen LogP contribution < -0.4 is 16.2 Å². The Morgan fingerprint density at radius 3 is 2.56 bits per heavy atom. The number of carbonyl (C=O) groups excluding carboxylic acids is 1. The van der Waals surface area contributed by atoms with Crippen LogP contribution in [-0.2, 0) is 21.9 Å². The predicted octanol–water partition coefficient (Wildman–Crippen LogP) is -2.56. The van der Waals surface area contributed by atoms with E-state index in [1.54, 1.807) is 7.05 Å². The molecule has 1 unspecified atom stereocenters. The number of amides is 1. The van der Waals surface area contributed by atoms with Crippen molar-refractivity contribution < 1.29 is 18.3 Å².